The van der Waals surface area contributed by atoms with Crippen molar-refractivity contribution in [3.05, 3.63) is 33.8 Å². The first-order valence-electron chi connectivity index (χ1n) is 7.61. The Morgan fingerprint density at radius 3 is 2.50 bits per heavy atom. The van der Waals surface area contributed by atoms with E-state index in [2.05, 4.69) is 16.3 Å². The third-order valence-electron chi connectivity index (χ3n) is 4.40. The van der Waals surface area contributed by atoms with Crippen LogP contribution in [0.3, 0.4) is 0 Å². The molecule has 1 heterocycles. The van der Waals surface area contributed by atoms with E-state index in [0.29, 0.717) is 0 Å². The van der Waals surface area contributed by atoms with Gasteiger partial charge in [0.2, 0.25) is 0 Å². The Balaban J connectivity index is 1.64. The zero-order valence-electron chi connectivity index (χ0n) is 11.7. The molecule has 0 amide bonds. The summed E-state index contributed by atoms with van der Waals surface area (Å²) in [5.41, 5.74) is 1.21. The van der Waals surface area contributed by atoms with Crippen LogP contribution in [0.4, 0.5) is 0 Å². The molecule has 3 rings (SSSR count). The van der Waals surface area contributed by atoms with Crippen LogP contribution < -0.4 is 5.32 Å². The molecule has 1 saturated carbocycles. The minimum Gasteiger partial charge on any atom is -0.317 e. The summed E-state index contributed by atoms with van der Waals surface area (Å²) in [7, 11) is 0. The van der Waals surface area contributed by atoms with Crippen LogP contribution in [0.2, 0.25) is 10.0 Å². The van der Waals surface area contributed by atoms with Crippen LogP contribution in [0, 0.1) is 5.92 Å². The maximum atomic E-state index is 6.32. The summed E-state index contributed by atoms with van der Waals surface area (Å²) >= 11 is 12.3. The van der Waals surface area contributed by atoms with Crippen LogP contribution in [0.15, 0.2) is 18.2 Å². The van der Waals surface area contributed by atoms with Crippen molar-refractivity contribution in [3.63, 3.8) is 0 Å². The molecule has 2 nitrogen and oxygen atoms in total. The number of rotatable bonds is 5. The molecule has 1 aliphatic carbocycles. The van der Waals surface area contributed by atoms with Gasteiger partial charge in [0.05, 0.1) is 0 Å². The lowest BCUT2D eigenvalue weighted by molar-refractivity contribution is 0.190. The summed E-state index contributed by atoms with van der Waals surface area (Å²) < 4.78 is 0. The van der Waals surface area contributed by atoms with Gasteiger partial charge < -0.3 is 5.32 Å². The Morgan fingerprint density at radius 1 is 1.10 bits per heavy atom. The lowest BCUT2D eigenvalue weighted by atomic mass is 9.97. The minimum atomic E-state index is 0.718. The van der Waals surface area contributed by atoms with E-state index in [1.807, 2.05) is 12.1 Å². The molecule has 4 heteroatoms. The fraction of sp³-hybridized carbons (Fsp3) is 0.625. The van der Waals surface area contributed by atoms with Crippen molar-refractivity contribution in [2.24, 2.45) is 5.92 Å². The molecule has 2 aliphatic rings. The number of hydrogen-bond acceptors (Lipinski definition) is 2. The highest BCUT2D eigenvalue weighted by Crippen LogP contribution is 2.32. The molecule has 20 heavy (non-hydrogen) atoms. The van der Waals surface area contributed by atoms with Crippen molar-refractivity contribution in [2.75, 3.05) is 19.6 Å². The number of benzene rings is 1. The molecular weight excluding hydrogens is 291 g/mol. The molecule has 110 valence electrons. The lowest BCUT2D eigenvalue weighted by Crippen LogP contribution is -2.37. The van der Waals surface area contributed by atoms with Crippen LogP contribution in [-0.4, -0.2) is 30.6 Å². The van der Waals surface area contributed by atoms with E-state index in [9.17, 15) is 0 Å². The van der Waals surface area contributed by atoms with E-state index in [1.165, 1.54) is 50.9 Å². The number of piperidine rings is 1. The topological polar surface area (TPSA) is 15.3 Å². The van der Waals surface area contributed by atoms with Gasteiger partial charge in [0, 0.05) is 29.2 Å². The van der Waals surface area contributed by atoms with Crippen LogP contribution in [-0.2, 0) is 6.54 Å². The highest BCUT2D eigenvalue weighted by atomic mass is 35.5. The van der Waals surface area contributed by atoms with Gasteiger partial charge in [-0.2, -0.15) is 0 Å². The van der Waals surface area contributed by atoms with Crippen LogP contribution in [0.5, 0.6) is 0 Å². The first-order chi connectivity index (χ1) is 9.72. The average molecular weight is 313 g/mol. The third kappa shape index (κ3) is 3.88. The Hall–Kier alpha value is -0.280. The second-order valence-corrected chi connectivity index (χ2v) is 6.93. The summed E-state index contributed by atoms with van der Waals surface area (Å²) in [5.74, 6) is 0.836. The molecule has 1 N–H and O–H groups in total. The molecule has 1 saturated heterocycles. The van der Waals surface area contributed by atoms with Crippen molar-refractivity contribution < 1.29 is 0 Å². The first kappa shape index (κ1) is 14.6. The number of nitrogens with zero attached hydrogens (tertiary/aromatic N) is 1. The van der Waals surface area contributed by atoms with E-state index in [0.717, 1.165) is 28.5 Å². The van der Waals surface area contributed by atoms with Gasteiger partial charge in [0.1, 0.15) is 0 Å². The standard InChI is InChI=1S/C16H22Cl2N2/c17-14-2-1-13(16(18)9-14)11-20(15-3-4-15)10-12-5-7-19-8-6-12/h1-2,9,12,15,19H,3-8,10-11H2. The van der Waals surface area contributed by atoms with Crippen LogP contribution in [0.25, 0.3) is 0 Å². The predicted octanol–water partition coefficient (Wildman–Crippen LogP) is 3.96. The Bertz CT molecular complexity index is 454. The molecule has 0 aromatic heterocycles. The lowest BCUT2D eigenvalue weighted by Gasteiger charge is -2.30. The summed E-state index contributed by atoms with van der Waals surface area (Å²) in [5, 5.41) is 4.96. The van der Waals surface area contributed by atoms with E-state index >= 15 is 0 Å². The van der Waals surface area contributed by atoms with E-state index in [1.54, 1.807) is 0 Å². The van der Waals surface area contributed by atoms with E-state index < -0.39 is 0 Å². The molecule has 0 unspecified atom stereocenters. The summed E-state index contributed by atoms with van der Waals surface area (Å²) in [6.45, 7) is 4.52. The smallest absolute Gasteiger partial charge is 0.0465 e. The fourth-order valence-corrected chi connectivity index (χ4v) is 3.52. The SMILES string of the molecule is Clc1ccc(CN(CC2CCNCC2)C2CC2)c(Cl)c1. The molecule has 1 aromatic carbocycles. The Morgan fingerprint density at radius 2 is 1.85 bits per heavy atom. The van der Waals surface area contributed by atoms with Crippen molar-refractivity contribution >= 4 is 23.2 Å². The second-order valence-electron chi connectivity index (χ2n) is 6.09. The number of nitrogens with one attached hydrogen (secondary N) is 1. The highest BCUT2D eigenvalue weighted by Gasteiger charge is 2.31. The van der Waals surface area contributed by atoms with Crippen molar-refractivity contribution in [1.82, 2.24) is 10.2 Å². The van der Waals surface area contributed by atoms with Gasteiger partial charge in [-0.3, -0.25) is 4.90 Å². The normalized spacial score (nSPS) is 20.6. The van der Waals surface area contributed by atoms with Crippen LogP contribution in [0.1, 0.15) is 31.2 Å². The van der Waals surface area contributed by atoms with Gasteiger partial charge in [-0.15, -0.1) is 0 Å². The van der Waals surface area contributed by atoms with Gasteiger partial charge in [-0.25, -0.2) is 0 Å². The van der Waals surface area contributed by atoms with Crippen molar-refractivity contribution in [3.8, 4) is 0 Å². The molecule has 0 atom stereocenters. The van der Waals surface area contributed by atoms with E-state index in [4.69, 9.17) is 23.2 Å². The molecule has 0 radical (unpaired) electrons. The molecule has 0 spiro atoms. The molecule has 1 aromatic rings. The van der Waals surface area contributed by atoms with E-state index in [-0.39, 0.29) is 0 Å². The Labute approximate surface area is 131 Å². The summed E-state index contributed by atoms with van der Waals surface area (Å²) in [6.07, 6.45) is 5.29. The monoisotopic (exact) mass is 312 g/mol. The fourth-order valence-electron chi connectivity index (χ4n) is 3.05. The van der Waals surface area contributed by atoms with Crippen LogP contribution >= 0.6 is 23.2 Å². The first-order valence-corrected chi connectivity index (χ1v) is 8.36. The molecule has 2 fully saturated rings. The highest BCUT2D eigenvalue weighted by molar-refractivity contribution is 6.35. The van der Waals surface area contributed by atoms with Gasteiger partial charge >= 0.3 is 0 Å². The van der Waals surface area contributed by atoms with Crippen molar-refractivity contribution in [2.45, 2.75) is 38.3 Å². The maximum Gasteiger partial charge on any atom is 0.0465 e. The third-order valence-corrected chi connectivity index (χ3v) is 4.99. The zero-order chi connectivity index (χ0) is 13.9. The number of hydrogen-bond donors (Lipinski definition) is 1. The predicted molar refractivity (Wildman–Crippen MR) is 85.5 cm³/mol. The summed E-state index contributed by atoms with van der Waals surface area (Å²) in [4.78, 5) is 2.63. The summed E-state index contributed by atoms with van der Waals surface area (Å²) in [6, 6.07) is 6.64. The number of halogens is 2. The zero-order valence-corrected chi connectivity index (χ0v) is 13.3. The molecular formula is C16H22Cl2N2. The average Bonchev–Trinajstić information content (AvgIpc) is 3.26. The largest absolute Gasteiger partial charge is 0.317 e. The van der Waals surface area contributed by atoms with Gasteiger partial charge in [-0.1, -0.05) is 29.3 Å². The van der Waals surface area contributed by atoms with Gasteiger partial charge in [0.15, 0.2) is 0 Å². The second kappa shape index (κ2) is 6.65. The molecule has 1 aliphatic heterocycles. The minimum absolute atomic E-state index is 0.718. The van der Waals surface area contributed by atoms with Crippen molar-refractivity contribution in [1.29, 1.82) is 0 Å². The molecule has 0 bridgehead atoms. The maximum absolute atomic E-state index is 6.32. The van der Waals surface area contributed by atoms with Gasteiger partial charge in [0.25, 0.3) is 0 Å². The Kier molecular flexibility index (Phi) is 4.87. The quantitative estimate of drug-likeness (QED) is 0.885. The van der Waals surface area contributed by atoms with Gasteiger partial charge in [-0.05, 0) is 62.4 Å².